The zero-order chi connectivity index (χ0) is 13.2. The third kappa shape index (κ3) is 2.87. The highest BCUT2D eigenvalue weighted by molar-refractivity contribution is 7.89. The SMILES string of the molecule is CC1CCC(CN)CN1S(=O)(=O)C1CCOCC1. The standard InChI is InChI=1S/C12H24N2O3S/c1-10-2-3-11(8-13)9-14(10)18(15,16)12-4-6-17-7-5-12/h10-12H,2-9,13H2,1H3. The zero-order valence-corrected chi connectivity index (χ0v) is 11.9. The molecule has 0 amide bonds. The fourth-order valence-electron chi connectivity index (χ4n) is 2.86. The molecule has 2 unspecified atom stereocenters. The van der Waals surface area contributed by atoms with Gasteiger partial charge in [-0.25, -0.2) is 8.42 Å². The number of ether oxygens (including phenoxy) is 1. The minimum atomic E-state index is -3.18. The fourth-order valence-corrected chi connectivity index (χ4v) is 5.06. The van der Waals surface area contributed by atoms with E-state index in [2.05, 4.69) is 0 Å². The maximum absolute atomic E-state index is 12.6. The first-order valence-electron chi connectivity index (χ1n) is 6.84. The van der Waals surface area contributed by atoms with Gasteiger partial charge in [0, 0.05) is 25.8 Å². The van der Waals surface area contributed by atoms with Gasteiger partial charge in [0.05, 0.1) is 5.25 Å². The number of nitrogens with zero attached hydrogens (tertiary/aromatic N) is 1. The van der Waals surface area contributed by atoms with Crippen LogP contribution < -0.4 is 5.73 Å². The summed E-state index contributed by atoms with van der Waals surface area (Å²) in [7, 11) is -3.18. The largest absolute Gasteiger partial charge is 0.381 e. The second kappa shape index (κ2) is 5.86. The molecule has 2 heterocycles. The average molecular weight is 276 g/mol. The molecule has 0 aromatic carbocycles. The maximum atomic E-state index is 12.6. The van der Waals surface area contributed by atoms with Crippen LogP contribution in [0.15, 0.2) is 0 Å². The molecule has 0 aromatic rings. The molecule has 2 fully saturated rings. The van der Waals surface area contributed by atoms with Gasteiger partial charge in [-0.3, -0.25) is 0 Å². The van der Waals surface area contributed by atoms with Crippen LogP contribution in [0.3, 0.4) is 0 Å². The molecule has 0 saturated carbocycles. The van der Waals surface area contributed by atoms with Crippen molar-refractivity contribution in [3.8, 4) is 0 Å². The summed E-state index contributed by atoms with van der Waals surface area (Å²) < 4.78 is 32.2. The van der Waals surface area contributed by atoms with Crippen molar-refractivity contribution in [3.05, 3.63) is 0 Å². The van der Waals surface area contributed by atoms with Crippen molar-refractivity contribution in [2.24, 2.45) is 11.7 Å². The van der Waals surface area contributed by atoms with Gasteiger partial charge in [-0.2, -0.15) is 4.31 Å². The molecule has 0 aliphatic carbocycles. The van der Waals surface area contributed by atoms with Crippen LogP contribution in [-0.2, 0) is 14.8 Å². The summed E-state index contributed by atoms with van der Waals surface area (Å²) in [5, 5.41) is -0.259. The average Bonchev–Trinajstić information content (AvgIpc) is 2.40. The molecule has 6 heteroatoms. The van der Waals surface area contributed by atoms with Crippen molar-refractivity contribution in [3.63, 3.8) is 0 Å². The van der Waals surface area contributed by atoms with E-state index in [0.29, 0.717) is 45.1 Å². The molecular formula is C12H24N2O3S. The molecule has 2 aliphatic heterocycles. The van der Waals surface area contributed by atoms with E-state index in [1.54, 1.807) is 4.31 Å². The first-order chi connectivity index (χ1) is 8.55. The van der Waals surface area contributed by atoms with Crippen LogP contribution in [0.1, 0.15) is 32.6 Å². The molecule has 2 saturated heterocycles. The molecule has 2 N–H and O–H groups in total. The van der Waals surface area contributed by atoms with Gasteiger partial charge in [0.2, 0.25) is 10.0 Å². The molecular weight excluding hydrogens is 252 g/mol. The number of hydrogen-bond donors (Lipinski definition) is 1. The summed E-state index contributed by atoms with van der Waals surface area (Å²) in [5.41, 5.74) is 5.69. The smallest absolute Gasteiger partial charge is 0.217 e. The summed E-state index contributed by atoms with van der Waals surface area (Å²) in [4.78, 5) is 0. The summed E-state index contributed by atoms with van der Waals surface area (Å²) in [6.45, 7) is 4.30. The van der Waals surface area contributed by atoms with Gasteiger partial charge >= 0.3 is 0 Å². The van der Waals surface area contributed by atoms with Gasteiger partial charge < -0.3 is 10.5 Å². The summed E-state index contributed by atoms with van der Waals surface area (Å²) in [6.07, 6.45) is 3.21. The second-order valence-electron chi connectivity index (χ2n) is 5.45. The van der Waals surface area contributed by atoms with Crippen molar-refractivity contribution in [2.75, 3.05) is 26.3 Å². The van der Waals surface area contributed by atoms with E-state index in [1.165, 1.54) is 0 Å². The monoisotopic (exact) mass is 276 g/mol. The van der Waals surface area contributed by atoms with Crippen molar-refractivity contribution >= 4 is 10.0 Å². The third-order valence-electron chi connectivity index (χ3n) is 4.17. The van der Waals surface area contributed by atoms with Gasteiger partial charge in [-0.15, -0.1) is 0 Å². The lowest BCUT2D eigenvalue weighted by molar-refractivity contribution is 0.0958. The Balaban J connectivity index is 2.11. The highest BCUT2D eigenvalue weighted by atomic mass is 32.2. The number of rotatable bonds is 3. The highest BCUT2D eigenvalue weighted by Crippen LogP contribution is 2.28. The Morgan fingerprint density at radius 2 is 1.89 bits per heavy atom. The lowest BCUT2D eigenvalue weighted by atomic mass is 9.96. The Kier molecular flexibility index (Phi) is 4.64. The van der Waals surface area contributed by atoms with Crippen LogP contribution in [0.5, 0.6) is 0 Å². The predicted octanol–water partition coefficient (Wildman–Crippen LogP) is 0.554. The minimum absolute atomic E-state index is 0.112. The van der Waals surface area contributed by atoms with E-state index < -0.39 is 10.0 Å². The number of hydrogen-bond acceptors (Lipinski definition) is 4. The fraction of sp³-hybridized carbons (Fsp3) is 1.00. The van der Waals surface area contributed by atoms with Crippen LogP contribution in [0, 0.1) is 5.92 Å². The van der Waals surface area contributed by atoms with Gasteiger partial charge in [0.25, 0.3) is 0 Å². The van der Waals surface area contributed by atoms with E-state index in [1.807, 2.05) is 6.92 Å². The van der Waals surface area contributed by atoms with Crippen LogP contribution in [0.2, 0.25) is 0 Å². The van der Waals surface area contributed by atoms with Crippen LogP contribution in [0.25, 0.3) is 0 Å². The summed E-state index contributed by atoms with van der Waals surface area (Å²) >= 11 is 0. The zero-order valence-electron chi connectivity index (χ0n) is 11.0. The van der Waals surface area contributed by atoms with Crippen molar-refractivity contribution in [1.29, 1.82) is 0 Å². The molecule has 0 spiro atoms. The van der Waals surface area contributed by atoms with Crippen molar-refractivity contribution in [1.82, 2.24) is 4.31 Å². The highest BCUT2D eigenvalue weighted by Gasteiger charge is 2.38. The summed E-state index contributed by atoms with van der Waals surface area (Å²) in [5.74, 6) is 0.316. The minimum Gasteiger partial charge on any atom is -0.381 e. The number of piperidine rings is 1. The van der Waals surface area contributed by atoms with Crippen molar-refractivity contribution < 1.29 is 13.2 Å². The molecule has 5 nitrogen and oxygen atoms in total. The molecule has 106 valence electrons. The molecule has 0 radical (unpaired) electrons. The third-order valence-corrected chi connectivity index (χ3v) is 6.65. The van der Waals surface area contributed by atoms with E-state index in [-0.39, 0.29) is 11.3 Å². The molecule has 2 rings (SSSR count). The Bertz CT molecular complexity index is 366. The van der Waals surface area contributed by atoms with Gasteiger partial charge in [-0.05, 0) is 45.1 Å². The van der Waals surface area contributed by atoms with Gasteiger partial charge in [0.15, 0.2) is 0 Å². The van der Waals surface area contributed by atoms with Crippen LogP contribution in [-0.4, -0.2) is 50.3 Å². The Morgan fingerprint density at radius 3 is 2.50 bits per heavy atom. The van der Waals surface area contributed by atoms with Crippen LogP contribution in [0.4, 0.5) is 0 Å². The van der Waals surface area contributed by atoms with Crippen LogP contribution >= 0.6 is 0 Å². The molecule has 0 aromatic heterocycles. The number of sulfonamides is 1. The topological polar surface area (TPSA) is 72.6 Å². The normalized spacial score (nSPS) is 32.6. The van der Waals surface area contributed by atoms with E-state index >= 15 is 0 Å². The van der Waals surface area contributed by atoms with E-state index in [9.17, 15) is 8.42 Å². The van der Waals surface area contributed by atoms with E-state index in [4.69, 9.17) is 10.5 Å². The Labute approximate surface area is 110 Å². The molecule has 2 aliphatic rings. The molecule has 0 bridgehead atoms. The Morgan fingerprint density at radius 1 is 1.22 bits per heavy atom. The maximum Gasteiger partial charge on any atom is 0.217 e. The first kappa shape index (κ1) is 14.2. The Hall–Kier alpha value is -0.170. The molecule has 2 atom stereocenters. The van der Waals surface area contributed by atoms with E-state index in [0.717, 1.165) is 12.8 Å². The lowest BCUT2D eigenvalue weighted by Gasteiger charge is -2.39. The predicted molar refractivity (Wildman–Crippen MR) is 70.7 cm³/mol. The van der Waals surface area contributed by atoms with Crippen molar-refractivity contribution in [2.45, 2.75) is 43.9 Å². The number of nitrogens with two attached hydrogens (primary N) is 1. The lowest BCUT2D eigenvalue weighted by Crippen LogP contribution is -2.51. The molecule has 18 heavy (non-hydrogen) atoms. The second-order valence-corrected chi connectivity index (χ2v) is 7.62. The van der Waals surface area contributed by atoms with Gasteiger partial charge in [-0.1, -0.05) is 0 Å². The quantitative estimate of drug-likeness (QED) is 0.817. The van der Waals surface area contributed by atoms with Gasteiger partial charge in [0.1, 0.15) is 0 Å². The summed E-state index contributed by atoms with van der Waals surface area (Å²) in [6, 6.07) is 0.112. The first-order valence-corrected chi connectivity index (χ1v) is 8.34.